The molecule has 2 N–H and O–H groups in total. The number of nitrogens with zero attached hydrogens (tertiary/aromatic N) is 2. The van der Waals surface area contributed by atoms with Gasteiger partial charge in [-0.15, -0.1) is 11.3 Å². The van der Waals surface area contributed by atoms with Crippen molar-refractivity contribution in [3.05, 3.63) is 52.2 Å². The van der Waals surface area contributed by atoms with Gasteiger partial charge in [0.05, 0.1) is 11.6 Å². The molecule has 2 aliphatic rings. The number of thiophene rings is 1. The van der Waals surface area contributed by atoms with Crippen LogP contribution in [0.25, 0.3) is 0 Å². The van der Waals surface area contributed by atoms with Crippen molar-refractivity contribution in [2.45, 2.75) is 69.5 Å². The van der Waals surface area contributed by atoms with Gasteiger partial charge in [0.25, 0.3) is 0 Å². The summed E-state index contributed by atoms with van der Waals surface area (Å²) < 4.78 is 0. The van der Waals surface area contributed by atoms with E-state index in [1.165, 1.54) is 29.8 Å². The van der Waals surface area contributed by atoms with E-state index in [0.717, 1.165) is 38.8 Å². The zero-order valence-corrected chi connectivity index (χ0v) is 18.9. The molecule has 2 heterocycles. The average molecular weight is 437 g/mol. The minimum atomic E-state index is 0.176. The fourth-order valence-corrected chi connectivity index (χ4v) is 5.58. The zero-order valence-electron chi connectivity index (χ0n) is 18.1. The maximum atomic E-state index is 12.6. The molecular formula is C25H32N4OS. The number of rotatable bonds is 7. The van der Waals surface area contributed by atoms with Gasteiger partial charge in [-0.05, 0) is 67.8 Å². The second-order valence-corrected chi connectivity index (χ2v) is 9.79. The third-order valence-corrected chi connectivity index (χ3v) is 7.46. The lowest BCUT2D eigenvalue weighted by Gasteiger charge is -2.40. The Morgan fingerprint density at radius 1 is 1.10 bits per heavy atom. The van der Waals surface area contributed by atoms with E-state index in [-0.39, 0.29) is 11.9 Å². The van der Waals surface area contributed by atoms with E-state index in [1.54, 1.807) is 11.3 Å². The second kappa shape index (κ2) is 10.8. The van der Waals surface area contributed by atoms with Crippen LogP contribution in [-0.2, 0) is 11.2 Å². The minimum Gasteiger partial charge on any atom is -0.370 e. The molecule has 2 aromatic rings. The van der Waals surface area contributed by atoms with Crippen LogP contribution in [0.1, 0.15) is 55.4 Å². The molecule has 1 saturated heterocycles. The summed E-state index contributed by atoms with van der Waals surface area (Å²) >= 11 is 1.72. The summed E-state index contributed by atoms with van der Waals surface area (Å²) in [6.07, 6.45) is 8.33. The lowest BCUT2D eigenvalue weighted by atomic mass is 9.88. The summed E-state index contributed by atoms with van der Waals surface area (Å²) in [4.78, 5) is 16.3. The van der Waals surface area contributed by atoms with Crippen LogP contribution in [0.15, 0.2) is 41.8 Å². The molecule has 1 aliphatic carbocycles. The van der Waals surface area contributed by atoms with E-state index < -0.39 is 0 Å². The van der Waals surface area contributed by atoms with Crippen molar-refractivity contribution >= 4 is 22.9 Å². The summed E-state index contributed by atoms with van der Waals surface area (Å²) in [5.41, 5.74) is 1.89. The van der Waals surface area contributed by atoms with Crippen molar-refractivity contribution in [3.63, 3.8) is 0 Å². The number of hydrogen-bond acceptors (Lipinski definition) is 5. The molecule has 1 aromatic heterocycles. The van der Waals surface area contributed by atoms with Crippen LogP contribution in [0.3, 0.4) is 0 Å². The number of anilines is 1. The first-order chi connectivity index (χ1) is 15.2. The van der Waals surface area contributed by atoms with Gasteiger partial charge in [0, 0.05) is 48.2 Å². The number of benzene rings is 1. The smallest absolute Gasteiger partial charge is 0.220 e. The average Bonchev–Trinajstić information content (AvgIpc) is 3.33. The van der Waals surface area contributed by atoms with E-state index >= 15 is 0 Å². The summed E-state index contributed by atoms with van der Waals surface area (Å²) in [7, 11) is 0. The van der Waals surface area contributed by atoms with Crippen LogP contribution in [0.2, 0.25) is 0 Å². The van der Waals surface area contributed by atoms with Crippen molar-refractivity contribution in [2.24, 2.45) is 0 Å². The third-order valence-electron chi connectivity index (χ3n) is 6.52. The topological polar surface area (TPSA) is 68.2 Å². The van der Waals surface area contributed by atoms with Gasteiger partial charge in [-0.1, -0.05) is 18.9 Å². The summed E-state index contributed by atoms with van der Waals surface area (Å²) in [5.74, 6) is 0.176. The summed E-state index contributed by atoms with van der Waals surface area (Å²) in [6.45, 7) is 2.03. The molecule has 164 valence electrons. The van der Waals surface area contributed by atoms with Gasteiger partial charge in [0.15, 0.2) is 0 Å². The van der Waals surface area contributed by atoms with Gasteiger partial charge in [0.1, 0.15) is 0 Å². The predicted octanol–water partition coefficient (Wildman–Crippen LogP) is 4.24. The van der Waals surface area contributed by atoms with E-state index in [4.69, 9.17) is 5.26 Å². The molecule has 3 atom stereocenters. The molecule has 31 heavy (non-hydrogen) atoms. The molecule has 1 aromatic carbocycles. The molecule has 0 radical (unpaired) electrons. The molecular weight excluding hydrogens is 404 g/mol. The number of carbonyl (C=O) groups is 1. The molecule has 0 bridgehead atoms. The Morgan fingerprint density at radius 3 is 2.65 bits per heavy atom. The lowest BCUT2D eigenvalue weighted by molar-refractivity contribution is -0.122. The highest BCUT2D eigenvalue weighted by Gasteiger charge is 2.30. The Labute approximate surface area is 189 Å². The molecule has 1 saturated carbocycles. The fraction of sp³-hybridized carbons (Fsp3) is 0.520. The van der Waals surface area contributed by atoms with Gasteiger partial charge >= 0.3 is 0 Å². The number of aryl methyl sites for hydroxylation is 1. The number of amides is 1. The van der Waals surface area contributed by atoms with Gasteiger partial charge in [-0.2, -0.15) is 5.26 Å². The molecule has 6 heteroatoms. The molecule has 0 spiro atoms. The monoisotopic (exact) mass is 436 g/mol. The predicted molar refractivity (Wildman–Crippen MR) is 126 cm³/mol. The summed E-state index contributed by atoms with van der Waals surface area (Å²) in [6, 6.07) is 15.3. The first kappa shape index (κ1) is 21.9. The van der Waals surface area contributed by atoms with Crippen molar-refractivity contribution in [1.29, 1.82) is 5.26 Å². The Bertz CT molecular complexity index is 874. The molecule has 5 nitrogen and oxygen atoms in total. The van der Waals surface area contributed by atoms with Crippen LogP contribution in [0.4, 0.5) is 5.69 Å². The van der Waals surface area contributed by atoms with E-state index in [2.05, 4.69) is 45.2 Å². The van der Waals surface area contributed by atoms with Crippen LogP contribution < -0.4 is 15.5 Å². The number of nitrogens with one attached hydrogen (secondary N) is 2. The maximum absolute atomic E-state index is 12.6. The highest BCUT2D eigenvalue weighted by molar-refractivity contribution is 7.09. The second-order valence-electron chi connectivity index (χ2n) is 8.75. The van der Waals surface area contributed by atoms with E-state index in [1.807, 2.05) is 18.2 Å². The third kappa shape index (κ3) is 6.09. The van der Waals surface area contributed by atoms with Crippen molar-refractivity contribution in [2.75, 3.05) is 18.0 Å². The molecule has 1 amide bonds. The molecule has 2 fully saturated rings. The van der Waals surface area contributed by atoms with Crippen LogP contribution in [0, 0.1) is 11.3 Å². The Balaban J connectivity index is 1.30. The Kier molecular flexibility index (Phi) is 7.61. The minimum absolute atomic E-state index is 0.176. The summed E-state index contributed by atoms with van der Waals surface area (Å²) in [5, 5.41) is 18.3. The number of hydrogen-bond donors (Lipinski definition) is 2. The van der Waals surface area contributed by atoms with Crippen molar-refractivity contribution in [3.8, 4) is 6.07 Å². The molecule has 1 aliphatic heterocycles. The zero-order chi connectivity index (χ0) is 21.5. The highest BCUT2D eigenvalue weighted by atomic mass is 32.1. The standard InChI is InChI=1S/C25H32N4OS/c26-17-19-9-11-21(12-10-19)29-15-3-5-20(18-29)27-23-7-1-2-8-24(23)28-25(30)14-13-22-6-4-16-31-22/h4,6,9-12,16,20,23-24,27H,1-3,5,7-8,13-15,18H2,(H,28,30). The molecule has 4 rings (SSSR count). The largest absolute Gasteiger partial charge is 0.370 e. The first-order valence-electron chi connectivity index (χ1n) is 11.5. The number of piperidine rings is 1. The van der Waals surface area contributed by atoms with Gasteiger partial charge < -0.3 is 15.5 Å². The Morgan fingerprint density at radius 2 is 1.90 bits per heavy atom. The van der Waals surface area contributed by atoms with Crippen molar-refractivity contribution in [1.82, 2.24) is 10.6 Å². The van der Waals surface area contributed by atoms with E-state index in [0.29, 0.717) is 24.1 Å². The van der Waals surface area contributed by atoms with Crippen LogP contribution in [-0.4, -0.2) is 37.1 Å². The van der Waals surface area contributed by atoms with E-state index in [9.17, 15) is 4.79 Å². The number of nitriles is 1. The first-order valence-corrected chi connectivity index (χ1v) is 12.4. The normalized spacial score (nSPS) is 23.8. The van der Waals surface area contributed by atoms with Gasteiger partial charge in [-0.3, -0.25) is 4.79 Å². The lowest BCUT2D eigenvalue weighted by Crippen LogP contribution is -2.57. The highest BCUT2D eigenvalue weighted by Crippen LogP contribution is 2.24. The van der Waals surface area contributed by atoms with Crippen molar-refractivity contribution < 1.29 is 4.79 Å². The maximum Gasteiger partial charge on any atom is 0.220 e. The van der Waals surface area contributed by atoms with Gasteiger partial charge in [0.2, 0.25) is 5.91 Å². The quantitative estimate of drug-likeness (QED) is 0.681. The van der Waals surface area contributed by atoms with Crippen LogP contribution in [0.5, 0.6) is 0 Å². The fourth-order valence-electron chi connectivity index (χ4n) is 4.87. The SMILES string of the molecule is N#Cc1ccc(N2CCCC(NC3CCCCC3NC(=O)CCc3cccs3)C2)cc1. The number of carbonyl (C=O) groups excluding carboxylic acids is 1. The Hall–Kier alpha value is -2.36. The van der Waals surface area contributed by atoms with Crippen LogP contribution >= 0.6 is 11.3 Å². The van der Waals surface area contributed by atoms with Gasteiger partial charge in [-0.25, -0.2) is 0 Å². The molecule has 3 unspecified atom stereocenters.